The van der Waals surface area contributed by atoms with Crippen LogP contribution in [0.5, 0.6) is 0 Å². The maximum absolute atomic E-state index is 13.6. The van der Waals surface area contributed by atoms with Crippen LogP contribution < -0.4 is 16.4 Å². The second kappa shape index (κ2) is 11.1. The molecule has 33 heavy (non-hydrogen) atoms. The Morgan fingerprint density at radius 2 is 1.61 bits per heavy atom. The monoisotopic (exact) mass is 454 g/mol. The Hall–Kier alpha value is -3.85. The number of hydrogen-bond donors (Lipinski definition) is 4. The van der Waals surface area contributed by atoms with E-state index in [9.17, 15) is 23.5 Å². The minimum Gasteiger partial charge on any atom is -0.384 e. The number of hydrogen-bond acceptors (Lipinski definition) is 5. The summed E-state index contributed by atoms with van der Waals surface area (Å²) in [7, 11) is 0. The first kappa shape index (κ1) is 23.8. The number of carbonyl (C=O) groups excluding carboxylic acids is 2. The fraction of sp³-hybridized carbons (Fsp3) is 0.208. The van der Waals surface area contributed by atoms with Crippen LogP contribution in [-0.4, -0.2) is 34.1 Å². The van der Waals surface area contributed by atoms with Crippen LogP contribution in [-0.2, 0) is 29.0 Å². The lowest BCUT2D eigenvalue weighted by Crippen LogP contribution is -2.51. The maximum atomic E-state index is 13.6. The maximum Gasteiger partial charge on any atom is 0.249 e. The second-order valence-corrected chi connectivity index (χ2v) is 7.56. The quantitative estimate of drug-likeness (QED) is 0.394. The molecule has 0 fully saturated rings. The van der Waals surface area contributed by atoms with E-state index in [4.69, 9.17) is 5.73 Å². The van der Waals surface area contributed by atoms with Crippen molar-refractivity contribution in [3.8, 4) is 0 Å². The van der Waals surface area contributed by atoms with Gasteiger partial charge in [0.25, 0.3) is 0 Å². The Balaban J connectivity index is 1.71. The highest BCUT2D eigenvalue weighted by molar-refractivity contribution is 5.89. The zero-order valence-corrected chi connectivity index (χ0v) is 17.7. The van der Waals surface area contributed by atoms with Gasteiger partial charge in [-0.25, -0.2) is 13.8 Å². The van der Waals surface area contributed by atoms with E-state index < -0.39 is 35.6 Å². The molecule has 0 aliphatic rings. The van der Waals surface area contributed by atoms with Gasteiger partial charge in [-0.05, 0) is 34.9 Å². The van der Waals surface area contributed by atoms with Crippen LogP contribution in [0.1, 0.15) is 16.7 Å². The van der Waals surface area contributed by atoms with Crippen molar-refractivity contribution in [1.82, 2.24) is 15.6 Å². The van der Waals surface area contributed by atoms with Crippen LogP contribution in [0.4, 0.5) is 14.6 Å². The number of carbonyl (C=O) groups is 2. The number of aliphatic hydroxyl groups excluding tert-OH is 1. The highest BCUT2D eigenvalue weighted by Crippen LogP contribution is 2.12. The van der Waals surface area contributed by atoms with Crippen molar-refractivity contribution in [3.05, 3.63) is 95.2 Å². The molecule has 0 aliphatic carbocycles. The van der Waals surface area contributed by atoms with E-state index in [1.165, 1.54) is 6.20 Å². The molecule has 0 aliphatic heterocycles. The molecule has 3 rings (SSSR count). The molecule has 2 amide bonds. The summed E-state index contributed by atoms with van der Waals surface area (Å²) in [6, 6.07) is 13.9. The minimum absolute atomic E-state index is 0.0483. The average molecular weight is 454 g/mol. The van der Waals surface area contributed by atoms with Crippen LogP contribution in [0.3, 0.4) is 0 Å². The van der Waals surface area contributed by atoms with E-state index in [1.54, 1.807) is 36.4 Å². The van der Waals surface area contributed by atoms with Gasteiger partial charge in [0, 0.05) is 31.6 Å². The number of halogens is 2. The fourth-order valence-corrected chi connectivity index (χ4v) is 3.22. The minimum atomic E-state index is -1.41. The van der Waals surface area contributed by atoms with Gasteiger partial charge in [0.05, 0.1) is 0 Å². The first-order valence-electron chi connectivity index (χ1n) is 10.3. The normalized spacial score (nSPS) is 12.6. The molecular weight excluding hydrogens is 430 g/mol. The zero-order valence-electron chi connectivity index (χ0n) is 17.7. The standard InChI is InChI=1S/C24H24F2N4O3/c25-18-8-17(9-19(26)12-18)10-20(23(32)29-14-16-6-7-22(27)28-13-16)30-24(33)21(31)11-15-4-2-1-3-5-15/h1-9,12-13,20-21,31H,10-11,14H2,(H2,27,28)(H,29,32)(H,30,33)/t20-,21+/m0/s1. The largest absolute Gasteiger partial charge is 0.384 e. The Morgan fingerprint density at radius 3 is 2.24 bits per heavy atom. The predicted molar refractivity (Wildman–Crippen MR) is 119 cm³/mol. The third kappa shape index (κ3) is 7.36. The van der Waals surface area contributed by atoms with Gasteiger partial charge in [-0.15, -0.1) is 0 Å². The van der Waals surface area contributed by atoms with Crippen LogP contribution in [0.2, 0.25) is 0 Å². The summed E-state index contributed by atoms with van der Waals surface area (Å²) < 4.78 is 27.3. The van der Waals surface area contributed by atoms with Gasteiger partial charge in [-0.3, -0.25) is 9.59 Å². The molecule has 0 saturated carbocycles. The highest BCUT2D eigenvalue weighted by atomic mass is 19.1. The highest BCUT2D eigenvalue weighted by Gasteiger charge is 2.25. The molecule has 0 unspecified atom stereocenters. The summed E-state index contributed by atoms with van der Waals surface area (Å²) in [6.45, 7) is 0.0998. The smallest absolute Gasteiger partial charge is 0.249 e. The van der Waals surface area contributed by atoms with Crippen molar-refractivity contribution in [2.24, 2.45) is 0 Å². The number of aliphatic hydroxyl groups is 1. The number of pyridine rings is 1. The number of aromatic nitrogens is 1. The Morgan fingerprint density at radius 1 is 0.909 bits per heavy atom. The molecule has 5 N–H and O–H groups in total. The van der Waals surface area contributed by atoms with Gasteiger partial charge in [-0.2, -0.15) is 0 Å². The summed E-state index contributed by atoms with van der Waals surface area (Å²) in [5.74, 6) is -2.63. The van der Waals surface area contributed by atoms with Crippen LogP contribution in [0.15, 0.2) is 66.9 Å². The third-order valence-corrected chi connectivity index (χ3v) is 4.88. The van der Waals surface area contributed by atoms with Gasteiger partial charge >= 0.3 is 0 Å². The lowest BCUT2D eigenvalue weighted by Gasteiger charge is -2.21. The summed E-state index contributed by atoms with van der Waals surface area (Å²) >= 11 is 0. The lowest BCUT2D eigenvalue weighted by atomic mass is 10.0. The van der Waals surface area contributed by atoms with E-state index in [2.05, 4.69) is 15.6 Å². The van der Waals surface area contributed by atoms with Crippen molar-refractivity contribution < 1.29 is 23.5 Å². The average Bonchev–Trinajstić information content (AvgIpc) is 2.78. The van der Waals surface area contributed by atoms with Gasteiger partial charge in [0.15, 0.2) is 0 Å². The van der Waals surface area contributed by atoms with Crippen molar-refractivity contribution in [3.63, 3.8) is 0 Å². The zero-order chi connectivity index (χ0) is 23.8. The van der Waals surface area contributed by atoms with Crippen molar-refractivity contribution in [2.75, 3.05) is 5.73 Å². The van der Waals surface area contributed by atoms with E-state index in [0.29, 0.717) is 11.4 Å². The molecule has 9 heteroatoms. The van der Waals surface area contributed by atoms with Gasteiger partial charge in [0.2, 0.25) is 11.8 Å². The molecule has 0 radical (unpaired) electrons. The molecule has 0 saturated heterocycles. The van der Waals surface area contributed by atoms with Crippen LogP contribution in [0.25, 0.3) is 0 Å². The van der Waals surface area contributed by atoms with Gasteiger partial charge in [-0.1, -0.05) is 36.4 Å². The Bertz CT molecular complexity index is 1070. The molecular formula is C24H24F2N4O3. The summed E-state index contributed by atoms with van der Waals surface area (Å²) in [5, 5.41) is 15.5. The number of rotatable bonds is 9. The van der Waals surface area contributed by atoms with E-state index in [-0.39, 0.29) is 24.9 Å². The third-order valence-electron chi connectivity index (χ3n) is 4.88. The van der Waals surface area contributed by atoms with Crippen molar-refractivity contribution in [2.45, 2.75) is 31.5 Å². The number of nitrogens with zero attached hydrogens (tertiary/aromatic N) is 1. The number of anilines is 1. The van der Waals surface area contributed by atoms with E-state index >= 15 is 0 Å². The molecule has 172 valence electrons. The fourth-order valence-electron chi connectivity index (χ4n) is 3.22. The lowest BCUT2D eigenvalue weighted by molar-refractivity contribution is -0.134. The molecule has 3 aromatic rings. The van der Waals surface area contributed by atoms with E-state index in [0.717, 1.165) is 23.8 Å². The topological polar surface area (TPSA) is 117 Å². The predicted octanol–water partition coefficient (Wildman–Crippen LogP) is 1.89. The first-order valence-corrected chi connectivity index (χ1v) is 10.3. The first-order chi connectivity index (χ1) is 15.8. The molecule has 1 aromatic heterocycles. The van der Waals surface area contributed by atoms with Gasteiger partial charge < -0.3 is 21.5 Å². The molecule has 0 spiro atoms. The molecule has 7 nitrogen and oxygen atoms in total. The summed E-state index contributed by atoms with van der Waals surface area (Å²) in [5.41, 5.74) is 7.14. The number of nitrogens with two attached hydrogens (primary N) is 1. The number of amides is 2. The second-order valence-electron chi connectivity index (χ2n) is 7.56. The molecule has 2 aromatic carbocycles. The molecule has 2 atom stereocenters. The SMILES string of the molecule is Nc1ccc(CNC(=O)[C@H](Cc2cc(F)cc(F)c2)NC(=O)[C@H](O)Cc2ccccc2)cn1. The van der Waals surface area contributed by atoms with Crippen LogP contribution in [0, 0.1) is 11.6 Å². The Labute approximate surface area is 189 Å². The number of nitrogen functional groups attached to an aromatic ring is 1. The number of nitrogens with one attached hydrogen (secondary N) is 2. The molecule has 1 heterocycles. The van der Waals surface area contributed by atoms with Crippen molar-refractivity contribution in [1.29, 1.82) is 0 Å². The number of benzene rings is 2. The molecule has 0 bridgehead atoms. The van der Waals surface area contributed by atoms with Gasteiger partial charge in [0.1, 0.15) is 29.6 Å². The summed E-state index contributed by atoms with van der Waals surface area (Å²) in [4.78, 5) is 29.4. The summed E-state index contributed by atoms with van der Waals surface area (Å²) in [6.07, 6.45) is -0.0422. The van der Waals surface area contributed by atoms with E-state index in [1.807, 2.05) is 6.07 Å². The van der Waals surface area contributed by atoms with Crippen LogP contribution >= 0.6 is 0 Å². The Kier molecular flexibility index (Phi) is 8.04. The van der Waals surface area contributed by atoms with Crippen molar-refractivity contribution >= 4 is 17.6 Å².